The van der Waals surface area contributed by atoms with Crippen LogP contribution >= 0.6 is 0 Å². The van der Waals surface area contributed by atoms with Crippen molar-refractivity contribution in [3.05, 3.63) is 188 Å². The zero-order valence-corrected chi connectivity index (χ0v) is 26.3. The molecule has 2 heteroatoms. The average molecular weight is 613 g/mol. The van der Waals surface area contributed by atoms with E-state index in [0.717, 1.165) is 11.4 Å². The molecule has 0 amide bonds. The van der Waals surface area contributed by atoms with Crippen LogP contribution in [0.4, 0.5) is 11.4 Å². The lowest BCUT2D eigenvalue weighted by Crippen LogP contribution is -1.95. The molecule has 0 unspecified atom stereocenters. The van der Waals surface area contributed by atoms with Crippen molar-refractivity contribution in [2.24, 2.45) is 0 Å². The van der Waals surface area contributed by atoms with E-state index in [-0.39, 0.29) is 0 Å². The molecule has 0 saturated carbocycles. The molecule has 8 aromatic carbocycles. The summed E-state index contributed by atoms with van der Waals surface area (Å²) in [6.07, 6.45) is 0. The van der Waals surface area contributed by atoms with Crippen LogP contribution in [0.2, 0.25) is 0 Å². The molecule has 0 spiro atoms. The second-order valence-electron chi connectivity index (χ2n) is 12.2. The molecule has 0 fully saturated rings. The predicted octanol–water partition coefficient (Wildman–Crippen LogP) is 12.7. The Labute approximate surface area is 280 Å². The maximum Gasteiger partial charge on any atom is 0.0562 e. The van der Waals surface area contributed by atoms with Crippen LogP contribution < -0.4 is 5.32 Å². The van der Waals surface area contributed by atoms with Crippen LogP contribution in [0.15, 0.2) is 188 Å². The predicted molar refractivity (Wildman–Crippen MR) is 204 cm³/mol. The maximum absolute atomic E-state index is 3.76. The van der Waals surface area contributed by atoms with Gasteiger partial charge in [-0.2, -0.15) is 0 Å². The first-order valence-corrected chi connectivity index (χ1v) is 16.4. The SMILES string of the molecule is c1ccc(-c2ccccc2-c2ccc(-c3ccc(Nc4cccc5c4c4ccccc4n5-c4cccc5ccccc45)cc3)cc2)cc1. The maximum atomic E-state index is 3.76. The summed E-state index contributed by atoms with van der Waals surface area (Å²) in [5.41, 5.74) is 13.0. The molecule has 0 radical (unpaired) electrons. The monoisotopic (exact) mass is 612 g/mol. The van der Waals surface area contributed by atoms with Crippen molar-refractivity contribution in [3.8, 4) is 39.1 Å². The van der Waals surface area contributed by atoms with Crippen LogP contribution in [-0.4, -0.2) is 4.57 Å². The highest BCUT2D eigenvalue weighted by Gasteiger charge is 2.16. The zero-order valence-electron chi connectivity index (χ0n) is 26.3. The summed E-state index contributed by atoms with van der Waals surface area (Å²) >= 11 is 0. The van der Waals surface area contributed by atoms with Crippen molar-refractivity contribution in [2.45, 2.75) is 0 Å². The second-order valence-corrected chi connectivity index (χ2v) is 12.2. The van der Waals surface area contributed by atoms with Crippen molar-refractivity contribution in [1.82, 2.24) is 4.57 Å². The minimum absolute atomic E-state index is 1.06. The summed E-state index contributed by atoms with van der Waals surface area (Å²) in [6, 6.07) is 67.4. The summed E-state index contributed by atoms with van der Waals surface area (Å²) in [4.78, 5) is 0. The first-order chi connectivity index (χ1) is 23.8. The zero-order chi connectivity index (χ0) is 31.9. The Balaban J connectivity index is 1.04. The molecule has 1 heterocycles. The van der Waals surface area contributed by atoms with Gasteiger partial charge in [0.2, 0.25) is 0 Å². The minimum atomic E-state index is 1.06. The van der Waals surface area contributed by atoms with Gasteiger partial charge in [-0.1, -0.05) is 152 Å². The molecule has 0 aliphatic rings. The molecule has 0 bridgehead atoms. The van der Waals surface area contributed by atoms with Crippen molar-refractivity contribution in [1.29, 1.82) is 0 Å². The molecular formula is C46H32N2. The second kappa shape index (κ2) is 11.8. The first-order valence-electron chi connectivity index (χ1n) is 16.4. The fraction of sp³-hybridized carbons (Fsp3) is 0. The van der Waals surface area contributed by atoms with Gasteiger partial charge in [0, 0.05) is 27.5 Å². The summed E-state index contributed by atoms with van der Waals surface area (Å²) in [7, 11) is 0. The number of hydrogen-bond acceptors (Lipinski definition) is 1. The van der Waals surface area contributed by atoms with Gasteiger partial charge in [0.15, 0.2) is 0 Å². The number of fused-ring (bicyclic) bond motifs is 4. The Morgan fingerprint density at radius 1 is 0.354 bits per heavy atom. The van der Waals surface area contributed by atoms with Crippen molar-refractivity contribution in [2.75, 3.05) is 5.32 Å². The van der Waals surface area contributed by atoms with Crippen LogP contribution in [0.5, 0.6) is 0 Å². The van der Waals surface area contributed by atoms with E-state index in [4.69, 9.17) is 0 Å². The van der Waals surface area contributed by atoms with E-state index in [2.05, 4.69) is 198 Å². The van der Waals surface area contributed by atoms with Crippen molar-refractivity contribution < 1.29 is 0 Å². The van der Waals surface area contributed by atoms with E-state index in [1.54, 1.807) is 0 Å². The van der Waals surface area contributed by atoms with E-state index >= 15 is 0 Å². The minimum Gasteiger partial charge on any atom is -0.355 e. The fourth-order valence-electron chi connectivity index (χ4n) is 7.13. The highest BCUT2D eigenvalue weighted by Crippen LogP contribution is 2.39. The molecule has 9 aromatic rings. The molecule has 226 valence electrons. The lowest BCUT2D eigenvalue weighted by molar-refractivity contribution is 1.20. The topological polar surface area (TPSA) is 17.0 Å². The summed E-state index contributed by atoms with van der Waals surface area (Å²) < 4.78 is 2.41. The third kappa shape index (κ3) is 4.83. The molecule has 0 saturated heterocycles. The highest BCUT2D eigenvalue weighted by molar-refractivity contribution is 6.16. The van der Waals surface area contributed by atoms with Gasteiger partial charge in [0.05, 0.1) is 16.7 Å². The van der Waals surface area contributed by atoms with Gasteiger partial charge < -0.3 is 9.88 Å². The van der Waals surface area contributed by atoms with Crippen LogP contribution in [0.1, 0.15) is 0 Å². The molecule has 1 N–H and O–H groups in total. The largest absolute Gasteiger partial charge is 0.355 e. The fourth-order valence-corrected chi connectivity index (χ4v) is 7.13. The lowest BCUT2D eigenvalue weighted by Gasteiger charge is -2.13. The number of anilines is 2. The Bertz CT molecular complexity index is 2550. The van der Waals surface area contributed by atoms with Gasteiger partial charge in [-0.3, -0.25) is 0 Å². The Kier molecular flexibility index (Phi) is 6.84. The van der Waals surface area contributed by atoms with Crippen LogP contribution in [0, 0.1) is 0 Å². The molecule has 1 aromatic heterocycles. The van der Waals surface area contributed by atoms with Gasteiger partial charge in [-0.05, 0) is 75.2 Å². The summed E-state index contributed by atoms with van der Waals surface area (Å²) in [5.74, 6) is 0. The molecule has 0 atom stereocenters. The first kappa shape index (κ1) is 27.9. The third-order valence-corrected chi connectivity index (χ3v) is 9.41. The van der Waals surface area contributed by atoms with Crippen molar-refractivity contribution in [3.63, 3.8) is 0 Å². The molecule has 0 aliphatic carbocycles. The van der Waals surface area contributed by atoms with E-state index in [1.165, 1.54) is 71.6 Å². The van der Waals surface area contributed by atoms with E-state index < -0.39 is 0 Å². The quantitative estimate of drug-likeness (QED) is 0.198. The summed E-state index contributed by atoms with van der Waals surface area (Å²) in [5, 5.41) is 8.69. The van der Waals surface area contributed by atoms with Crippen molar-refractivity contribution >= 4 is 44.0 Å². The van der Waals surface area contributed by atoms with Crippen LogP contribution in [0.3, 0.4) is 0 Å². The lowest BCUT2D eigenvalue weighted by atomic mass is 9.93. The van der Waals surface area contributed by atoms with Crippen LogP contribution in [-0.2, 0) is 0 Å². The molecule has 0 aliphatic heterocycles. The van der Waals surface area contributed by atoms with E-state index in [9.17, 15) is 0 Å². The standard InChI is InChI=1S/C46H32N2/c1-2-12-34(13-3-1)38-16-6-7-17-39(38)36-26-24-32(25-27-36)33-28-30-37(31-29-33)47-42-20-11-23-45-46(42)41-19-8-9-21-44(41)48(45)43-22-10-15-35-14-4-5-18-40(35)43/h1-31,47H. The molecule has 2 nitrogen and oxygen atoms in total. The van der Waals surface area contributed by atoms with Crippen LogP contribution in [0.25, 0.3) is 71.6 Å². The third-order valence-electron chi connectivity index (χ3n) is 9.41. The van der Waals surface area contributed by atoms with Gasteiger partial charge in [-0.25, -0.2) is 0 Å². The molecular weight excluding hydrogens is 581 g/mol. The van der Waals surface area contributed by atoms with E-state index in [1.807, 2.05) is 0 Å². The number of benzene rings is 8. The number of aromatic nitrogens is 1. The number of hydrogen-bond donors (Lipinski definition) is 1. The molecule has 48 heavy (non-hydrogen) atoms. The highest BCUT2D eigenvalue weighted by atomic mass is 15.0. The average Bonchev–Trinajstić information content (AvgIpc) is 3.50. The number of rotatable bonds is 6. The summed E-state index contributed by atoms with van der Waals surface area (Å²) in [6.45, 7) is 0. The van der Waals surface area contributed by atoms with Gasteiger partial charge in [-0.15, -0.1) is 0 Å². The molecule has 9 rings (SSSR count). The Morgan fingerprint density at radius 2 is 0.896 bits per heavy atom. The van der Waals surface area contributed by atoms with Gasteiger partial charge in [0.1, 0.15) is 0 Å². The number of nitrogens with one attached hydrogen (secondary N) is 1. The number of para-hydroxylation sites is 1. The smallest absolute Gasteiger partial charge is 0.0562 e. The van der Waals surface area contributed by atoms with Gasteiger partial charge >= 0.3 is 0 Å². The van der Waals surface area contributed by atoms with E-state index in [0.29, 0.717) is 0 Å². The Morgan fingerprint density at radius 3 is 1.67 bits per heavy atom. The normalized spacial score (nSPS) is 11.3. The van der Waals surface area contributed by atoms with Gasteiger partial charge in [0.25, 0.3) is 0 Å². The Hall–Kier alpha value is -6.38. The number of nitrogens with zero attached hydrogens (tertiary/aromatic N) is 1.